The van der Waals surface area contributed by atoms with Crippen molar-refractivity contribution in [1.82, 2.24) is 25.0 Å². The van der Waals surface area contributed by atoms with E-state index in [1.807, 2.05) is 30.4 Å². The fourth-order valence-corrected chi connectivity index (χ4v) is 3.38. The zero-order valence-electron chi connectivity index (χ0n) is 15.4. The van der Waals surface area contributed by atoms with Gasteiger partial charge in [0.05, 0.1) is 6.26 Å². The molecule has 8 nitrogen and oxygen atoms in total. The molecule has 2 amide bonds. The number of likely N-dealkylation sites (tertiary alicyclic amines) is 1. The number of rotatable bonds is 5. The molecule has 1 saturated heterocycles. The van der Waals surface area contributed by atoms with Gasteiger partial charge in [0, 0.05) is 26.1 Å². The molecule has 140 valence electrons. The van der Waals surface area contributed by atoms with E-state index in [2.05, 4.69) is 15.5 Å². The standard InChI is InChI=1S/C18H25N5O3/c1-12(2)15(20-17(24)14-7-5-9-26-14)18(25)23-8-4-6-13(10-23)16-21-19-11-22(16)3/h5,7,9,11-13,15H,4,6,8,10H2,1-3H3,(H,20,24)/t13-,15+/m1/s1. The lowest BCUT2D eigenvalue weighted by atomic mass is 9.95. The molecule has 26 heavy (non-hydrogen) atoms. The molecule has 0 unspecified atom stereocenters. The Morgan fingerprint density at radius 1 is 1.38 bits per heavy atom. The molecule has 1 aliphatic rings. The number of carbonyl (C=O) groups is 2. The van der Waals surface area contributed by atoms with Gasteiger partial charge in [-0.2, -0.15) is 0 Å². The molecule has 0 aliphatic carbocycles. The lowest BCUT2D eigenvalue weighted by Gasteiger charge is -2.35. The van der Waals surface area contributed by atoms with E-state index in [1.165, 1.54) is 6.26 Å². The van der Waals surface area contributed by atoms with Gasteiger partial charge < -0.3 is 19.2 Å². The minimum Gasteiger partial charge on any atom is -0.459 e. The fraction of sp³-hybridized carbons (Fsp3) is 0.556. The summed E-state index contributed by atoms with van der Waals surface area (Å²) in [5.41, 5.74) is 0. The molecule has 2 atom stereocenters. The summed E-state index contributed by atoms with van der Waals surface area (Å²) >= 11 is 0. The lowest BCUT2D eigenvalue weighted by Crippen LogP contribution is -2.53. The predicted octanol–water partition coefficient (Wildman–Crippen LogP) is 1.57. The van der Waals surface area contributed by atoms with Gasteiger partial charge in [-0.05, 0) is 30.9 Å². The summed E-state index contributed by atoms with van der Waals surface area (Å²) in [6.45, 7) is 5.13. The number of carbonyl (C=O) groups excluding carboxylic acids is 2. The molecule has 2 aromatic heterocycles. The van der Waals surface area contributed by atoms with Gasteiger partial charge in [-0.15, -0.1) is 10.2 Å². The van der Waals surface area contributed by atoms with Crippen LogP contribution in [0, 0.1) is 5.92 Å². The topological polar surface area (TPSA) is 93.3 Å². The Labute approximate surface area is 152 Å². The number of aryl methyl sites for hydroxylation is 1. The van der Waals surface area contributed by atoms with Crippen LogP contribution >= 0.6 is 0 Å². The molecule has 0 aromatic carbocycles. The second-order valence-electron chi connectivity index (χ2n) is 7.10. The van der Waals surface area contributed by atoms with E-state index in [0.29, 0.717) is 13.1 Å². The van der Waals surface area contributed by atoms with Crippen molar-refractivity contribution in [3.8, 4) is 0 Å². The third-order valence-corrected chi connectivity index (χ3v) is 4.81. The first kappa shape index (κ1) is 18.2. The van der Waals surface area contributed by atoms with Crippen LogP contribution in [0.1, 0.15) is 49.0 Å². The minimum atomic E-state index is -0.592. The Balaban J connectivity index is 1.70. The van der Waals surface area contributed by atoms with Gasteiger partial charge in [0.2, 0.25) is 5.91 Å². The van der Waals surface area contributed by atoms with Crippen molar-refractivity contribution in [3.05, 3.63) is 36.3 Å². The summed E-state index contributed by atoms with van der Waals surface area (Å²) in [6.07, 6.45) is 5.00. The third kappa shape index (κ3) is 3.79. The summed E-state index contributed by atoms with van der Waals surface area (Å²) < 4.78 is 7.03. The van der Waals surface area contributed by atoms with Crippen LogP contribution in [0.15, 0.2) is 29.1 Å². The maximum atomic E-state index is 13.1. The molecule has 0 radical (unpaired) electrons. The number of nitrogens with one attached hydrogen (secondary N) is 1. The Morgan fingerprint density at radius 3 is 2.81 bits per heavy atom. The second-order valence-corrected chi connectivity index (χ2v) is 7.10. The molecule has 3 rings (SSSR count). The second kappa shape index (κ2) is 7.72. The highest BCUT2D eigenvalue weighted by atomic mass is 16.3. The molecule has 1 fully saturated rings. The van der Waals surface area contributed by atoms with E-state index in [1.54, 1.807) is 18.5 Å². The zero-order chi connectivity index (χ0) is 18.7. The van der Waals surface area contributed by atoms with Crippen LogP contribution in [-0.4, -0.2) is 50.6 Å². The number of hydrogen-bond acceptors (Lipinski definition) is 5. The quantitative estimate of drug-likeness (QED) is 0.875. The van der Waals surface area contributed by atoms with Crippen molar-refractivity contribution in [2.75, 3.05) is 13.1 Å². The normalized spacial score (nSPS) is 18.8. The van der Waals surface area contributed by atoms with Crippen molar-refractivity contribution in [2.24, 2.45) is 13.0 Å². The van der Waals surface area contributed by atoms with Gasteiger partial charge in [-0.1, -0.05) is 13.8 Å². The van der Waals surface area contributed by atoms with E-state index >= 15 is 0 Å². The average molecular weight is 359 g/mol. The highest BCUT2D eigenvalue weighted by molar-refractivity contribution is 5.95. The first-order valence-corrected chi connectivity index (χ1v) is 8.94. The van der Waals surface area contributed by atoms with E-state index < -0.39 is 6.04 Å². The minimum absolute atomic E-state index is 0.0309. The van der Waals surface area contributed by atoms with Crippen LogP contribution in [0.5, 0.6) is 0 Å². The SMILES string of the molecule is CC(C)[C@H](NC(=O)c1ccco1)C(=O)N1CCC[C@@H](c2nncn2C)C1. The van der Waals surface area contributed by atoms with E-state index in [4.69, 9.17) is 4.42 Å². The van der Waals surface area contributed by atoms with Crippen molar-refractivity contribution in [3.63, 3.8) is 0 Å². The summed E-state index contributed by atoms with van der Waals surface area (Å²) in [5.74, 6) is 0.795. The van der Waals surface area contributed by atoms with Crippen LogP contribution in [0.3, 0.4) is 0 Å². The van der Waals surface area contributed by atoms with Crippen LogP contribution in [-0.2, 0) is 11.8 Å². The molecule has 8 heteroatoms. The molecule has 0 bridgehead atoms. The number of piperidine rings is 1. The van der Waals surface area contributed by atoms with E-state index in [0.717, 1.165) is 18.7 Å². The molecule has 0 spiro atoms. The van der Waals surface area contributed by atoms with E-state index in [-0.39, 0.29) is 29.4 Å². The van der Waals surface area contributed by atoms with Crippen molar-refractivity contribution < 1.29 is 14.0 Å². The molecular weight excluding hydrogens is 334 g/mol. The Hall–Kier alpha value is -2.64. The van der Waals surface area contributed by atoms with Crippen molar-refractivity contribution in [2.45, 2.75) is 38.6 Å². The molecule has 1 aliphatic heterocycles. The molecule has 3 heterocycles. The first-order valence-electron chi connectivity index (χ1n) is 8.94. The number of furan rings is 1. The van der Waals surface area contributed by atoms with E-state index in [9.17, 15) is 9.59 Å². The van der Waals surface area contributed by atoms with Crippen LogP contribution in [0.2, 0.25) is 0 Å². The van der Waals surface area contributed by atoms with Crippen LogP contribution in [0.25, 0.3) is 0 Å². The fourth-order valence-electron chi connectivity index (χ4n) is 3.38. The maximum absolute atomic E-state index is 13.1. The average Bonchev–Trinajstić information content (AvgIpc) is 3.30. The number of amides is 2. The Bertz CT molecular complexity index is 753. The van der Waals surface area contributed by atoms with Crippen LogP contribution in [0.4, 0.5) is 0 Å². The number of nitrogens with zero attached hydrogens (tertiary/aromatic N) is 4. The third-order valence-electron chi connectivity index (χ3n) is 4.81. The van der Waals surface area contributed by atoms with Crippen molar-refractivity contribution in [1.29, 1.82) is 0 Å². The summed E-state index contributed by atoms with van der Waals surface area (Å²) in [6, 6.07) is 2.64. The highest BCUT2D eigenvalue weighted by Gasteiger charge is 2.33. The predicted molar refractivity (Wildman–Crippen MR) is 94.4 cm³/mol. The van der Waals surface area contributed by atoms with Gasteiger partial charge in [0.25, 0.3) is 5.91 Å². The van der Waals surface area contributed by atoms with Gasteiger partial charge in [-0.3, -0.25) is 9.59 Å². The Kier molecular flexibility index (Phi) is 5.39. The molecule has 0 saturated carbocycles. The monoisotopic (exact) mass is 359 g/mol. The molecule has 1 N–H and O–H groups in total. The largest absolute Gasteiger partial charge is 0.459 e. The summed E-state index contributed by atoms with van der Waals surface area (Å²) in [7, 11) is 1.91. The summed E-state index contributed by atoms with van der Waals surface area (Å²) in [4.78, 5) is 27.2. The zero-order valence-corrected chi connectivity index (χ0v) is 15.4. The first-order chi connectivity index (χ1) is 12.5. The number of aromatic nitrogens is 3. The lowest BCUT2D eigenvalue weighted by molar-refractivity contribution is -0.135. The van der Waals surface area contributed by atoms with Gasteiger partial charge >= 0.3 is 0 Å². The van der Waals surface area contributed by atoms with Gasteiger partial charge in [0.1, 0.15) is 18.2 Å². The van der Waals surface area contributed by atoms with Gasteiger partial charge in [-0.25, -0.2) is 0 Å². The summed E-state index contributed by atoms with van der Waals surface area (Å²) in [5, 5.41) is 10.9. The smallest absolute Gasteiger partial charge is 0.287 e. The Morgan fingerprint density at radius 2 is 2.19 bits per heavy atom. The highest BCUT2D eigenvalue weighted by Crippen LogP contribution is 2.26. The molecule has 2 aromatic rings. The maximum Gasteiger partial charge on any atom is 0.287 e. The molecular formula is C18H25N5O3. The van der Waals surface area contributed by atoms with Gasteiger partial charge in [0.15, 0.2) is 5.76 Å². The van der Waals surface area contributed by atoms with Crippen molar-refractivity contribution >= 4 is 11.8 Å². The van der Waals surface area contributed by atoms with Crippen LogP contribution < -0.4 is 5.32 Å². The number of hydrogen-bond donors (Lipinski definition) is 1.